The zero-order chi connectivity index (χ0) is 14.7. The number of nitroso groups, excluding NO2 is 1. The number of nitrogens with one attached hydrogen (secondary N) is 1. The number of aromatic amines is 1. The van der Waals surface area contributed by atoms with Crippen LogP contribution in [0.15, 0.2) is 29.4 Å². The number of hydrogen-bond donors (Lipinski definition) is 2. The van der Waals surface area contributed by atoms with E-state index in [9.17, 15) is 10.0 Å². The maximum atomic E-state index is 10.7. The predicted molar refractivity (Wildman–Crippen MR) is 73.4 cm³/mol. The third kappa shape index (κ3) is 2.76. The zero-order valence-corrected chi connectivity index (χ0v) is 11.8. The van der Waals surface area contributed by atoms with Crippen molar-refractivity contribution >= 4 is 5.69 Å². The molecular weight excluding hydrogens is 258 g/mol. The molecule has 0 saturated heterocycles. The molecule has 2 aromatic rings. The lowest BCUT2D eigenvalue weighted by molar-refractivity contribution is -0.747. The number of aryl methyl sites for hydroxylation is 1. The maximum absolute atomic E-state index is 10.7. The normalized spacial score (nSPS) is 12.4. The smallest absolute Gasteiger partial charge is 0.234 e. The molecular formula is C14H18N3O3+. The molecule has 1 aromatic carbocycles. The number of aliphatic hydroxyl groups excluding tert-OH is 1. The van der Waals surface area contributed by atoms with Crippen molar-refractivity contribution in [3.05, 3.63) is 51.7 Å². The Morgan fingerprint density at radius 2 is 2.00 bits per heavy atom. The van der Waals surface area contributed by atoms with Gasteiger partial charge in [-0.15, -0.1) is 9.59 Å². The number of rotatable bonds is 5. The van der Waals surface area contributed by atoms with Gasteiger partial charge in [0.2, 0.25) is 11.4 Å². The van der Waals surface area contributed by atoms with Gasteiger partial charge >= 0.3 is 0 Å². The van der Waals surface area contributed by atoms with Crippen LogP contribution in [0, 0.1) is 18.8 Å². The van der Waals surface area contributed by atoms with Crippen LogP contribution in [0.3, 0.4) is 0 Å². The minimum absolute atomic E-state index is 0.455. The van der Waals surface area contributed by atoms with Crippen LogP contribution in [0.2, 0.25) is 0 Å². The summed E-state index contributed by atoms with van der Waals surface area (Å²) in [7, 11) is 1.45. The highest BCUT2D eigenvalue weighted by Gasteiger charge is 2.20. The molecule has 0 spiro atoms. The minimum atomic E-state index is -0.906. The highest BCUT2D eigenvalue weighted by Crippen LogP contribution is 2.19. The first-order valence-corrected chi connectivity index (χ1v) is 6.29. The topological polar surface area (TPSA) is 78.6 Å². The molecule has 0 aliphatic heterocycles. The highest BCUT2D eigenvalue weighted by atomic mass is 16.6. The van der Waals surface area contributed by atoms with Crippen LogP contribution in [0.1, 0.15) is 28.8 Å². The largest absolute Gasteiger partial charge is 0.364 e. The van der Waals surface area contributed by atoms with Crippen molar-refractivity contribution in [1.29, 1.82) is 0 Å². The van der Waals surface area contributed by atoms with Gasteiger partial charge in [0.15, 0.2) is 12.8 Å². The van der Waals surface area contributed by atoms with Gasteiger partial charge in [-0.1, -0.05) is 24.3 Å². The van der Waals surface area contributed by atoms with Gasteiger partial charge in [0.05, 0.1) is 0 Å². The van der Waals surface area contributed by atoms with Gasteiger partial charge in [0, 0.05) is 25.2 Å². The molecule has 1 unspecified atom stereocenters. The maximum Gasteiger partial charge on any atom is 0.234 e. The molecule has 1 atom stereocenters. The van der Waals surface area contributed by atoms with E-state index in [1.54, 1.807) is 0 Å². The molecule has 106 valence electrons. The first-order valence-electron chi connectivity index (χ1n) is 6.29. The summed E-state index contributed by atoms with van der Waals surface area (Å²) in [5.41, 5.74) is 3.76. The monoisotopic (exact) mass is 276 g/mol. The summed E-state index contributed by atoms with van der Waals surface area (Å²) < 4.78 is 6.71. The van der Waals surface area contributed by atoms with Crippen molar-refractivity contribution < 1.29 is 14.5 Å². The van der Waals surface area contributed by atoms with Crippen molar-refractivity contribution in [2.75, 3.05) is 7.11 Å². The van der Waals surface area contributed by atoms with E-state index >= 15 is 0 Å². The molecule has 0 aliphatic rings. The Bertz CT molecular complexity index is 605. The molecule has 6 nitrogen and oxygen atoms in total. The van der Waals surface area contributed by atoms with Crippen LogP contribution in [0.25, 0.3) is 0 Å². The standard InChI is InChI=1S/C14H17N3O3/c1-9-13(16-19)10(2)17(15-9)8-11-4-6-12(7-5-11)14(18)20-3/h4-7,14,18H,8H2,1-3H3/p+1. The van der Waals surface area contributed by atoms with E-state index < -0.39 is 6.29 Å². The molecule has 6 heteroatoms. The fourth-order valence-electron chi connectivity index (χ4n) is 2.14. The van der Waals surface area contributed by atoms with Gasteiger partial charge < -0.3 is 9.84 Å². The minimum Gasteiger partial charge on any atom is -0.364 e. The number of hydrogen-bond acceptors (Lipinski definition) is 4. The Kier molecular flexibility index (Phi) is 4.26. The lowest BCUT2D eigenvalue weighted by atomic mass is 10.1. The molecule has 2 rings (SSSR count). The highest BCUT2D eigenvalue weighted by molar-refractivity contribution is 5.42. The van der Waals surface area contributed by atoms with E-state index in [1.807, 2.05) is 42.8 Å². The van der Waals surface area contributed by atoms with Gasteiger partial charge in [-0.05, 0) is 12.1 Å². The summed E-state index contributed by atoms with van der Waals surface area (Å²) in [5.74, 6) is 0. The zero-order valence-electron chi connectivity index (χ0n) is 11.8. The number of aliphatic hydroxyl groups is 1. The van der Waals surface area contributed by atoms with Crippen molar-refractivity contribution in [1.82, 2.24) is 5.10 Å². The molecule has 20 heavy (non-hydrogen) atoms. The lowest BCUT2D eigenvalue weighted by Gasteiger charge is -2.08. The summed E-state index contributed by atoms with van der Waals surface area (Å²) in [6.45, 7) is 4.27. The molecule has 0 amide bonds. The van der Waals surface area contributed by atoms with Crippen molar-refractivity contribution in [2.45, 2.75) is 26.7 Å². The van der Waals surface area contributed by atoms with Crippen LogP contribution >= 0.6 is 0 Å². The van der Waals surface area contributed by atoms with E-state index in [1.165, 1.54) is 7.11 Å². The summed E-state index contributed by atoms with van der Waals surface area (Å²) in [4.78, 5) is 10.7. The first kappa shape index (κ1) is 14.4. The van der Waals surface area contributed by atoms with Gasteiger partial charge in [0.25, 0.3) is 0 Å². The molecule has 1 aromatic heterocycles. The fourth-order valence-corrected chi connectivity index (χ4v) is 2.14. The van der Waals surface area contributed by atoms with Crippen molar-refractivity contribution in [3.63, 3.8) is 0 Å². The summed E-state index contributed by atoms with van der Waals surface area (Å²) in [5, 5.41) is 15.7. The quantitative estimate of drug-likeness (QED) is 0.498. The Morgan fingerprint density at radius 3 is 2.50 bits per heavy atom. The van der Waals surface area contributed by atoms with Gasteiger partial charge in [0.1, 0.15) is 5.69 Å². The van der Waals surface area contributed by atoms with Crippen molar-refractivity contribution in [3.8, 4) is 0 Å². The number of methoxy groups -OCH3 is 1. The number of aromatic nitrogens is 2. The first-order chi connectivity index (χ1) is 9.56. The van der Waals surface area contributed by atoms with E-state index in [0.717, 1.165) is 17.0 Å². The Labute approximate surface area is 117 Å². The van der Waals surface area contributed by atoms with Crippen LogP contribution in [0.5, 0.6) is 0 Å². The van der Waals surface area contributed by atoms with E-state index in [-0.39, 0.29) is 0 Å². The molecule has 0 saturated carbocycles. The SMILES string of the molecule is COC(O)c1ccc(C[n+]2[nH]c(C)c(N=O)c2C)cc1. The third-order valence-corrected chi connectivity index (χ3v) is 3.33. The fraction of sp³-hybridized carbons (Fsp3) is 0.357. The van der Waals surface area contributed by atoms with Crippen molar-refractivity contribution in [2.24, 2.45) is 5.18 Å². The van der Waals surface area contributed by atoms with Gasteiger partial charge in [-0.2, -0.15) is 5.10 Å². The van der Waals surface area contributed by atoms with E-state index in [2.05, 4.69) is 10.3 Å². The molecule has 2 N–H and O–H groups in total. The van der Waals surface area contributed by atoms with Crippen LogP contribution < -0.4 is 4.68 Å². The number of nitrogens with zero attached hydrogens (tertiary/aromatic N) is 2. The predicted octanol–water partition coefficient (Wildman–Crippen LogP) is 2.00. The molecule has 1 heterocycles. The molecule has 0 fully saturated rings. The average molecular weight is 276 g/mol. The van der Waals surface area contributed by atoms with E-state index in [0.29, 0.717) is 17.8 Å². The second kappa shape index (κ2) is 5.94. The van der Waals surface area contributed by atoms with Crippen LogP contribution in [-0.2, 0) is 11.3 Å². The second-order valence-electron chi connectivity index (χ2n) is 4.68. The van der Waals surface area contributed by atoms with Crippen LogP contribution in [-0.4, -0.2) is 17.3 Å². The Balaban J connectivity index is 2.20. The molecule has 0 aliphatic carbocycles. The third-order valence-electron chi connectivity index (χ3n) is 3.33. The lowest BCUT2D eigenvalue weighted by Crippen LogP contribution is -2.38. The Hall–Kier alpha value is -2.05. The summed E-state index contributed by atoms with van der Waals surface area (Å²) >= 11 is 0. The van der Waals surface area contributed by atoms with E-state index in [4.69, 9.17) is 4.74 Å². The number of ether oxygens (including phenoxy) is 1. The van der Waals surface area contributed by atoms with Crippen LogP contribution in [0.4, 0.5) is 5.69 Å². The summed E-state index contributed by atoms with van der Waals surface area (Å²) in [6, 6.07) is 7.45. The van der Waals surface area contributed by atoms with Gasteiger partial charge in [-0.3, -0.25) is 0 Å². The number of benzene rings is 1. The number of H-pyrrole nitrogens is 1. The Morgan fingerprint density at radius 1 is 1.35 bits per heavy atom. The average Bonchev–Trinajstić information content (AvgIpc) is 2.73. The molecule has 0 bridgehead atoms. The second-order valence-corrected chi connectivity index (χ2v) is 4.68. The van der Waals surface area contributed by atoms with Gasteiger partial charge in [-0.25, -0.2) is 0 Å². The summed E-state index contributed by atoms with van der Waals surface area (Å²) in [6.07, 6.45) is -0.906. The molecule has 0 radical (unpaired) electrons.